The maximum absolute atomic E-state index is 9.46. The zero-order valence-corrected chi connectivity index (χ0v) is 9.20. The van der Waals surface area contributed by atoms with Gasteiger partial charge in [-0.15, -0.1) is 0 Å². The molecule has 1 atom stereocenters. The summed E-state index contributed by atoms with van der Waals surface area (Å²) in [6.45, 7) is 4.35. The first kappa shape index (κ1) is 12.3. The van der Waals surface area contributed by atoms with Gasteiger partial charge in [0, 0.05) is 5.75 Å². The molecule has 0 radical (unpaired) electrons. The van der Waals surface area contributed by atoms with Crippen LogP contribution in [0.4, 0.5) is 0 Å². The minimum atomic E-state index is -0.0631. The van der Waals surface area contributed by atoms with E-state index in [4.69, 9.17) is 0 Å². The Morgan fingerprint density at radius 2 is 1.92 bits per heavy atom. The van der Waals surface area contributed by atoms with Crippen LogP contribution in [-0.4, -0.2) is 22.7 Å². The Labute approximate surface area is 80.9 Å². The fourth-order valence-corrected chi connectivity index (χ4v) is 1.82. The Morgan fingerprint density at radius 1 is 1.17 bits per heavy atom. The first-order valence-electron chi connectivity index (χ1n) is 5.07. The summed E-state index contributed by atoms with van der Waals surface area (Å²) in [7, 11) is 0. The molecule has 0 aliphatic rings. The van der Waals surface area contributed by atoms with E-state index in [2.05, 4.69) is 13.8 Å². The Hall–Kier alpha value is 0.310. The molecule has 0 spiro atoms. The van der Waals surface area contributed by atoms with Crippen molar-refractivity contribution in [2.75, 3.05) is 11.5 Å². The standard InChI is InChI=1S/C10H22OS/c1-3-5-6-7-8-10(11)9-12-4-2/h10-11H,3-9H2,1-2H3/t10-/m1/s1. The second kappa shape index (κ2) is 9.40. The molecule has 1 nitrogen and oxygen atoms in total. The van der Waals surface area contributed by atoms with E-state index in [9.17, 15) is 5.11 Å². The average molecular weight is 190 g/mol. The molecule has 0 aliphatic heterocycles. The van der Waals surface area contributed by atoms with Gasteiger partial charge in [0.1, 0.15) is 0 Å². The van der Waals surface area contributed by atoms with E-state index in [1.54, 1.807) is 0 Å². The summed E-state index contributed by atoms with van der Waals surface area (Å²) in [5.41, 5.74) is 0. The maximum atomic E-state index is 9.46. The van der Waals surface area contributed by atoms with E-state index in [0.717, 1.165) is 17.9 Å². The van der Waals surface area contributed by atoms with Crippen molar-refractivity contribution in [1.29, 1.82) is 0 Å². The third-order valence-corrected chi connectivity index (χ3v) is 2.93. The molecule has 12 heavy (non-hydrogen) atoms. The van der Waals surface area contributed by atoms with Crippen molar-refractivity contribution in [2.24, 2.45) is 0 Å². The average Bonchev–Trinajstić information content (AvgIpc) is 2.09. The van der Waals surface area contributed by atoms with Crippen LogP contribution in [0.15, 0.2) is 0 Å². The van der Waals surface area contributed by atoms with Gasteiger partial charge >= 0.3 is 0 Å². The maximum Gasteiger partial charge on any atom is 0.0630 e. The highest BCUT2D eigenvalue weighted by Gasteiger charge is 2.02. The summed E-state index contributed by atoms with van der Waals surface area (Å²) in [5, 5.41) is 9.46. The van der Waals surface area contributed by atoms with E-state index in [0.29, 0.717) is 0 Å². The molecule has 1 N–H and O–H groups in total. The van der Waals surface area contributed by atoms with Crippen molar-refractivity contribution < 1.29 is 5.11 Å². The van der Waals surface area contributed by atoms with E-state index in [-0.39, 0.29) is 6.10 Å². The quantitative estimate of drug-likeness (QED) is 0.594. The highest BCUT2D eigenvalue weighted by Crippen LogP contribution is 2.09. The fraction of sp³-hybridized carbons (Fsp3) is 1.00. The molecule has 0 aromatic heterocycles. The van der Waals surface area contributed by atoms with Crippen LogP contribution >= 0.6 is 11.8 Å². The topological polar surface area (TPSA) is 20.2 Å². The van der Waals surface area contributed by atoms with Crippen LogP contribution in [0.3, 0.4) is 0 Å². The zero-order valence-electron chi connectivity index (χ0n) is 8.38. The van der Waals surface area contributed by atoms with Crippen molar-refractivity contribution in [3.63, 3.8) is 0 Å². The smallest absolute Gasteiger partial charge is 0.0630 e. The van der Waals surface area contributed by atoms with Gasteiger partial charge < -0.3 is 5.11 Å². The van der Waals surface area contributed by atoms with Crippen molar-refractivity contribution in [3.8, 4) is 0 Å². The minimum absolute atomic E-state index is 0.0631. The van der Waals surface area contributed by atoms with Gasteiger partial charge in [-0.25, -0.2) is 0 Å². The normalized spacial score (nSPS) is 13.2. The molecule has 0 fully saturated rings. The SMILES string of the molecule is CCCCCC[C@@H](O)CSCC. The highest BCUT2D eigenvalue weighted by molar-refractivity contribution is 7.99. The molecule has 0 aliphatic carbocycles. The van der Waals surface area contributed by atoms with Crippen molar-refractivity contribution in [3.05, 3.63) is 0 Å². The minimum Gasteiger partial charge on any atom is -0.392 e. The number of aliphatic hydroxyl groups excluding tert-OH is 1. The van der Waals surface area contributed by atoms with Crippen LogP contribution in [0.2, 0.25) is 0 Å². The zero-order chi connectivity index (χ0) is 9.23. The third-order valence-electron chi connectivity index (χ3n) is 1.91. The van der Waals surface area contributed by atoms with Crippen LogP contribution in [-0.2, 0) is 0 Å². The number of hydrogen-bond donors (Lipinski definition) is 1. The van der Waals surface area contributed by atoms with Gasteiger partial charge in [-0.2, -0.15) is 11.8 Å². The number of aliphatic hydroxyl groups is 1. The molecule has 0 unspecified atom stereocenters. The van der Waals surface area contributed by atoms with Crippen LogP contribution in [0.25, 0.3) is 0 Å². The molecule has 74 valence electrons. The lowest BCUT2D eigenvalue weighted by Gasteiger charge is -2.08. The molecule has 0 saturated carbocycles. The van der Waals surface area contributed by atoms with Gasteiger partial charge in [0.2, 0.25) is 0 Å². The van der Waals surface area contributed by atoms with Crippen LogP contribution < -0.4 is 0 Å². The van der Waals surface area contributed by atoms with Crippen LogP contribution in [0, 0.1) is 0 Å². The second-order valence-electron chi connectivity index (χ2n) is 3.16. The summed E-state index contributed by atoms with van der Waals surface area (Å²) in [4.78, 5) is 0. The molecule has 2 heteroatoms. The Kier molecular flexibility index (Phi) is 9.64. The monoisotopic (exact) mass is 190 g/mol. The first-order chi connectivity index (χ1) is 5.81. The summed E-state index contributed by atoms with van der Waals surface area (Å²) in [6.07, 6.45) is 6.00. The van der Waals surface area contributed by atoms with Gasteiger partial charge in [-0.05, 0) is 12.2 Å². The lowest BCUT2D eigenvalue weighted by atomic mass is 10.1. The Balaban J connectivity index is 3.02. The number of hydrogen-bond acceptors (Lipinski definition) is 2. The van der Waals surface area contributed by atoms with Crippen molar-refractivity contribution in [1.82, 2.24) is 0 Å². The fourth-order valence-electron chi connectivity index (χ4n) is 1.14. The van der Waals surface area contributed by atoms with Crippen molar-refractivity contribution in [2.45, 2.75) is 52.1 Å². The number of rotatable bonds is 8. The van der Waals surface area contributed by atoms with E-state index >= 15 is 0 Å². The molecule has 0 aromatic rings. The van der Waals surface area contributed by atoms with Gasteiger partial charge in [0.05, 0.1) is 6.10 Å². The van der Waals surface area contributed by atoms with Gasteiger partial charge in [-0.3, -0.25) is 0 Å². The largest absolute Gasteiger partial charge is 0.392 e. The van der Waals surface area contributed by atoms with Gasteiger partial charge in [0.25, 0.3) is 0 Å². The molecule has 0 heterocycles. The Morgan fingerprint density at radius 3 is 2.50 bits per heavy atom. The molecular formula is C10H22OS. The van der Waals surface area contributed by atoms with Crippen molar-refractivity contribution >= 4 is 11.8 Å². The predicted molar refractivity (Wildman–Crippen MR) is 57.8 cm³/mol. The predicted octanol–water partition coefficient (Wildman–Crippen LogP) is 3.07. The second-order valence-corrected chi connectivity index (χ2v) is 4.48. The summed E-state index contributed by atoms with van der Waals surface area (Å²) < 4.78 is 0. The number of unbranched alkanes of at least 4 members (excludes halogenated alkanes) is 3. The van der Waals surface area contributed by atoms with E-state index in [1.807, 2.05) is 11.8 Å². The third kappa shape index (κ3) is 8.41. The lowest BCUT2D eigenvalue weighted by Crippen LogP contribution is -2.09. The van der Waals surface area contributed by atoms with Gasteiger partial charge in [0.15, 0.2) is 0 Å². The summed E-state index contributed by atoms with van der Waals surface area (Å²) >= 11 is 1.83. The molecule has 0 bridgehead atoms. The highest BCUT2D eigenvalue weighted by atomic mass is 32.2. The Bertz CT molecular complexity index is 85.9. The summed E-state index contributed by atoms with van der Waals surface area (Å²) in [5.74, 6) is 2.04. The molecule has 0 amide bonds. The first-order valence-corrected chi connectivity index (χ1v) is 6.22. The molecule has 0 saturated heterocycles. The summed E-state index contributed by atoms with van der Waals surface area (Å²) in [6, 6.07) is 0. The van der Waals surface area contributed by atoms with E-state index < -0.39 is 0 Å². The van der Waals surface area contributed by atoms with E-state index in [1.165, 1.54) is 25.7 Å². The van der Waals surface area contributed by atoms with Crippen LogP contribution in [0.5, 0.6) is 0 Å². The molecular weight excluding hydrogens is 168 g/mol. The lowest BCUT2D eigenvalue weighted by molar-refractivity contribution is 0.185. The molecule has 0 rings (SSSR count). The number of thioether (sulfide) groups is 1. The molecule has 0 aromatic carbocycles. The van der Waals surface area contributed by atoms with Crippen LogP contribution in [0.1, 0.15) is 46.0 Å². The van der Waals surface area contributed by atoms with Gasteiger partial charge in [-0.1, -0.05) is 39.5 Å².